The molecule has 2 rings (SSSR count). The van der Waals surface area contributed by atoms with Crippen molar-refractivity contribution in [2.24, 2.45) is 23.5 Å². The Kier molecular flexibility index (Phi) is 4.28. The molecule has 1 heterocycles. The molecule has 0 aromatic carbocycles. The molecule has 1 amide bonds. The summed E-state index contributed by atoms with van der Waals surface area (Å²) in [4.78, 5) is 14.5. The normalized spacial score (nSPS) is 41.1. The van der Waals surface area contributed by atoms with E-state index in [-0.39, 0.29) is 18.1 Å². The quantitative estimate of drug-likeness (QED) is 0.806. The molecule has 2 fully saturated rings. The van der Waals surface area contributed by atoms with Gasteiger partial charge in [0.1, 0.15) is 0 Å². The minimum absolute atomic E-state index is 0.117. The van der Waals surface area contributed by atoms with Crippen LogP contribution in [0.2, 0.25) is 0 Å². The van der Waals surface area contributed by atoms with E-state index in [4.69, 9.17) is 10.5 Å². The van der Waals surface area contributed by atoms with E-state index in [0.717, 1.165) is 32.4 Å². The number of methoxy groups -OCH3 is 1. The fraction of sp³-hybridized carbons (Fsp3) is 0.929. The van der Waals surface area contributed by atoms with Crippen molar-refractivity contribution in [2.75, 3.05) is 20.2 Å². The zero-order chi connectivity index (χ0) is 13.3. The highest BCUT2D eigenvalue weighted by Gasteiger charge is 2.38. The van der Waals surface area contributed by atoms with Crippen LogP contribution in [0.5, 0.6) is 0 Å². The Hall–Kier alpha value is -0.610. The number of hydrogen-bond donors (Lipinski definition) is 1. The van der Waals surface area contributed by atoms with Crippen molar-refractivity contribution < 1.29 is 9.53 Å². The minimum atomic E-state index is 0.117. The van der Waals surface area contributed by atoms with Gasteiger partial charge in [-0.25, -0.2) is 0 Å². The Morgan fingerprint density at radius 1 is 1.28 bits per heavy atom. The van der Waals surface area contributed by atoms with Gasteiger partial charge in [0.2, 0.25) is 5.91 Å². The van der Waals surface area contributed by atoms with E-state index in [0.29, 0.717) is 17.7 Å². The number of nitrogens with two attached hydrogens (primary N) is 1. The Balaban J connectivity index is 1.96. The van der Waals surface area contributed by atoms with Crippen LogP contribution in [0.4, 0.5) is 0 Å². The maximum atomic E-state index is 12.5. The Morgan fingerprint density at radius 3 is 2.61 bits per heavy atom. The molecule has 104 valence electrons. The number of rotatable bonds is 2. The second-order valence-corrected chi connectivity index (χ2v) is 6.13. The molecular weight excluding hydrogens is 228 g/mol. The predicted molar refractivity (Wildman–Crippen MR) is 71.0 cm³/mol. The lowest BCUT2D eigenvalue weighted by Crippen LogP contribution is -2.46. The maximum Gasteiger partial charge on any atom is 0.226 e. The summed E-state index contributed by atoms with van der Waals surface area (Å²) in [6.07, 6.45) is 3.10. The molecule has 5 atom stereocenters. The summed E-state index contributed by atoms with van der Waals surface area (Å²) in [6, 6.07) is 0.177. The molecule has 0 aromatic heterocycles. The van der Waals surface area contributed by atoms with Crippen molar-refractivity contribution in [1.82, 2.24) is 4.90 Å². The third-order valence-corrected chi connectivity index (χ3v) is 4.79. The van der Waals surface area contributed by atoms with E-state index in [1.165, 1.54) is 0 Å². The summed E-state index contributed by atoms with van der Waals surface area (Å²) in [7, 11) is 1.72. The van der Waals surface area contributed by atoms with Gasteiger partial charge in [0.05, 0.1) is 6.10 Å². The van der Waals surface area contributed by atoms with Crippen molar-refractivity contribution in [3.8, 4) is 0 Å². The van der Waals surface area contributed by atoms with Gasteiger partial charge in [-0.15, -0.1) is 0 Å². The van der Waals surface area contributed by atoms with Crippen LogP contribution in [0.15, 0.2) is 0 Å². The highest BCUT2D eigenvalue weighted by atomic mass is 16.5. The van der Waals surface area contributed by atoms with Crippen molar-refractivity contribution in [3.63, 3.8) is 0 Å². The molecule has 5 unspecified atom stereocenters. The van der Waals surface area contributed by atoms with Gasteiger partial charge < -0.3 is 15.4 Å². The SMILES string of the molecule is COC1CCN(C(=O)C2CC(N)C(C)CC2C)C1. The van der Waals surface area contributed by atoms with Crippen LogP contribution in [0.3, 0.4) is 0 Å². The fourth-order valence-electron chi connectivity index (χ4n) is 3.38. The molecule has 2 aliphatic rings. The highest BCUT2D eigenvalue weighted by Crippen LogP contribution is 2.34. The Labute approximate surface area is 110 Å². The van der Waals surface area contributed by atoms with Gasteiger partial charge in [0.15, 0.2) is 0 Å². The first-order valence-corrected chi connectivity index (χ1v) is 7.10. The van der Waals surface area contributed by atoms with Crippen molar-refractivity contribution >= 4 is 5.91 Å². The fourth-order valence-corrected chi connectivity index (χ4v) is 3.38. The first kappa shape index (κ1) is 13.8. The topological polar surface area (TPSA) is 55.6 Å². The predicted octanol–water partition coefficient (Wildman–Crippen LogP) is 1.24. The van der Waals surface area contributed by atoms with Crippen LogP contribution in [-0.2, 0) is 9.53 Å². The number of ether oxygens (including phenoxy) is 1. The summed E-state index contributed by atoms with van der Waals surface area (Å²) < 4.78 is 5.33. The molecule has 1 saturated heterocycles. The average molecular weight is 254 g/mol. The molecule has 4 heteroatoms. The average Bonchev–Trinajstić information content (AvgIpc) is 2.81. The summed E-state index contributed by atoms with van der Waals surface area (Å²) in [6.45, 7) is 5.97. The smallest absolute Gasteiger partial charge is 0.226 e. The first-order valence-electron chi connectivity index (χ1n) is 7.10. The zero-order valence-corrected chi connectivity index (χ0v) is 11.8. The summed E-state index contributed by atoms with van der Waals surface area (Å²) in [5.41, 5.74) is 6.13. The standard InChI is InChI=1S/C14H26N2O2/c1-9-6-10(2)13(15)7-12(9)14(17)16-5-4-11(8-16)18-3/h9-13H,4-8,15H2,1-3H3. The zero-order valence-electron chi connectivity index (χ0n) is 11.8. The van der Waals surface area contributed by atoms with Gasteiger partial charge in [-0.05, 0) is 31.1 Å². The molecule has 18 heavy (non-hydrogen) atoms. The monoisotopic (exact) mass is 254 g/mol. The van der Waals surface area contributed by atoms with Gasteiger partial charge in [-0.3, -0.25) is 4.79 Å². The molecule has 4 nitrogen and oxygen atoms in total. The summed E-state index contributed by atoms with van der Waals surface area (Å²) in [5.74, 6) is 1.40. The van der Waals surface area contributed by atoms with E-state index < -0.39 is 0 Å². The number of nitrogens with zero attached hydrogens (tertiary/aromatic N) is 1. The van der Waals surface area contributed by atoms with E-state index in [1.54, 1.807) is 7.11 Å². The van der Waals surface area contributed by atoms with Crippen LogP contribution in [-0.4, -0.2) is 43.2 Å². The lowest BCUT2D eigenvalue weighted by Gasteiger charge is -2.37. The van der Waals surface area contributed by atoms with Crippen molar-refractivity contribution in [3.05, 3.63) is 0 Å². The van der Waals surface area contributed by atoms with E-state index >= 15 is 0 Å². The molecule has 1 saturated carbocycles. The number of carbonyl (C=O) groups is 1. The third kappa shape index (κ3) is 2.69. The minimum Gasteiger partial charge on any atom is -0.380 e. The van der Waals surface area contributed by atoms with Crippen LogP contribution >= 0.6 is 0 Å². The van der Waals surface area contributed by atoms with E-state index in [2.05, 4.69) is 13.8 Å². The molecular formula is C14H26N2O2. The maximum absolute atomic E-state index is 12.5. The molecule has 0 aromatic rings. The van der Waals surface area contributed by atoms with Crippen LogP contribution in [0, 0.1) is 17.8 Å². The van der Waals surface area contributed by atoms with Gasteiger partial charge in [0.25, 0.3) is 0 Å². The van der Waals surface area contributed by atoms with Gasteiger partial charge in [-0.1, -0.05) is 13.8 Å². The van der Waals surface area contributed by atoms with Crippen LogP contribution in [0.1, 0.15) is 33.1 Å². The van der Waals surface area contributed by atoms with Gasteiger partial charge in [0, 0.05) is 32.2 Å². The number of amides is 1. The highest BCUT2D eigenvalue weighted by molar-refractivity contribution is 5.79. The van der Waals surface area contributed by atoms with E-state index in [1.807, 2.05) is 4.90 Å². The van der Waals surface area contributed by atoms with Crippen LogP contribution in [0.25, 0.3) is 0 Å². The number of hydrogen-bond acceptors (Lipinski definition) is 3. The van der Waals surface area contributed by atoms with Crippen molar-refractivity contribution in [1.29, 1.82) is 0 Å². The molecule has 1 aliphatic heterocycles. The lowest BCUT2D eigenvalue weighted by atomic mass is 9.72. The van der Waals surface area contributed by atoms with E-state index in [9.17, 15) is 4.79 Å². The van der Waals surface area contributed by atoms with Crippen LogP contribution < -0.4 is 5.73 Å². The third-order valence-electron chi connectivity index (χ3n) is 4.79. The second-order valence-electron chi connectivity index (χ2n) is 6.13. The second kappa shape index (κ2) is 5.57. The molecule has 1 aliphatic carbocycles. The number of carbonyl (C=O) groups excluding carboxylic acids is 1. The van der Waals surface area contributed by atoms with Crippen molar-refractivity contribution in [2.45, 2.75) is 45.3 Å². The lowest BCUT2D eigenvalue weighted by molar-refractivity contribution is -0.138. The summed E-state index contributed by atoms with van der Waals surface area (Å²) >= 11 is 0. The largest absolute Gasteiger partial charge is 0.380 e. The summed E-state index contributed by atoms with van der Waals surface area (Å²) in [5, 5.41) is 0. The number of likely N-dealkylation sites (tertiary alicyclic amines) is 1. The molecule has 2 N–H and O–H groups in total. The van der Waals surface area contributed by atoms with Gasteiger partial charge in [-0.2, -0.15) is 0 Å². The molecule has 0 bridgehead atoms. The molecule has 0 radical (unpaired) electrons. The molecule has 0 spiro atoms. The Morgan fingerprint density at radius 2 is 2.00 bits per heavy atom. The first-order chi connectivity index (χ1) is 8.52. The Bertz CT molecular complexity index is 308. The van der Waals surface area contributed by atoms with Gasteiger partial charge >= 0.3 is 0 Å².